The fraction of sp³-hybridized carbons (Fsp3) is 0.364. The van der Waals surface area contributed by atoms with Crippen molar-refractivity contribution in [2.24, 2.45) is 0 Å². The van der Waals surface area contributed by atoms with Crippen molar-refractivity contribution in [1.29, 1.82) is 0 Å². The van der Waals surface area contributed by atoms with Gasteiger partial charge in [-0.1, -0.05) is 0 Å². The van der Waals surface area contributed by atoms with Crippen LogP contribution in [0.15, 0.2) is 21.1 Å². The summed E-state index contributed by atoms with van der Waals surface area (Å²) in [7, 11) is 1.34. The van der Waals surface area contributed by atoms with Gasteiger partial charge in [-0.3, -0.25) is 4.79 Å². The predicted molar refractivity (Wildman–Crippen MR) is 69.9 cm³/mol. The first-order chi connectivity index (χ1) is 8.08. The van der Waals surface area contributed by atoms with Crippen LogP contribution in [0.4, 0.5) is 0 Å². The van der Waals surface area contributed by atoms with Crippen molar-refractivity contribution in [3.05, 3.63) is 26.6 Å². The third-order valence-corrected chi connectivity index (χ3v) is 3.20. The maximum absolute atomic E-state index is 10.9. The number of esters is 1. The molecule has 1 aromatic rings. The largest absolute Gasteiger partial charge is 0.491 e. The summed E-state index contributed by atoms with van der Waals surface area (Å²) < 4.78 is 11.4. The summed E-state index contributed by atoms with van der Waals surface area (Å²) in [6.45, 7) is 0.196. The van der Waals surface area contributed by atoms with Crippen LogP contribution in [0.3, 0.4) is 0 Å². The van der Waals surface area contributed by atoms with E-state index in [1.807, 2.05) is 0 Å². The molecular weight excluding hydrogens is 356 g/mol. The summed E-state index contributed by atoms with van der Waals surface area (Å²) in [5.74, 6) is 0.287. The first-order valence-electron chi connectivity index (χ1n) is 4.87. The van der Waals surface area contributed by atoms with E-state index < -0.39 is 0 Å². The van der Waals surface area contributed by atoms with Crippen molar-refractivity contribution in [2.45, 2.75) is 13.0 Å². The van der Waals surface area contributed by atoms with Crippen molar-refractivity contribution in [3.63, 3.8) is 0 Å². The number of rotatable bonds is 5. The number of carbonyl (C=O) groups excluding carboxylic acids is 1. The van der Waals surface area contributed by atoms with Gasteiger partial charge in [0.2, 0.25) is 0 Å². The minimum absolute atomic E-state index is 0.0420. The quantitative estimate of drug-likeness (QED) is 0.813. The molecule has 0 unspecified atom stereocenters. The number of benzene rings is 1. The normalized spacial score (nSPS) is 10.1. The Morgan fingerprint density at radius 1 is 1.35 bits per heavy atom. The van der Waals surface area contributed by atoms with Crippen molar-refractivity contribution in [1.82, 2.24) is 0 Å². The molecule has 0 fully saturated rings. The molecule has 17 heavy (non-hydrogen) atoms. The van der Waals surface area contributed by atoms with Crippen molar-refractivity contribution in [3.8, 4) is 5.75 Å². The summed E-state index contributed by atoms with van der Waals surface area (Å²) in [6, 6.07) is 3.52. The van der Waals surface area contributed by atoms with Crippen LogP contribution < -0.4 is 4.74 Å². The first-order valence-corrected chi connectivity index (χ1v) is 6.45. The maximum Gasteiger partial charge on any atom is 0.308 e. The molecule has 1 rings (SSSR count). The fourth-order valence-electron chi connectivity index (χ4n) is 1.18. The third-order valence-electron chi connectivity index (χ3n) is 2.02. The van der Waals surface area contributed by atoms with Gasteiger partial charge in [-0.05, 0) is 49.6 Å². The fourth-order valence-corrected chi connectivity index (χ4v) is 2.69. The third kappa shape index (κ3) is 4.29. The van der Waals surface area contributed by atoms with Gasteiger partial charge in [-0.2, -0.15) is 0 Å². The number of hydrogen-bond donors (Lipinski definition) is 1. The number of methoxy groups -OCH3 is 1. The Labute approximate surface area is 116 Å². The zero-order valence-corrected chi connectivity index (χ0v) is 12.4. The molecule has 1 aromatic carbocycles. The van der Waals surface area contributed by atoms with Crippen LogP contribution in [-0.2, 0) is 16.1 Å². The Bertz CT molecular complexity index is 383. The number of halogens is 2. The minimum atomic E-state index is -0.316. The molecule has 6 heteroatoms. The Morgan fingerprint density at radius 3 is 2.41 bits per heavy atom. The average molecular weight is 368 g/mol. The number of ether oxygens (including phenoxy) is 2. The van der Waals surface area contributed by atoms with Gasteiger partial charge < -0.3 is 14.6 Å². The monoisotopic (exact) mass is 366 g/mol. The lowest BCUT2D eigenvalue weighted by Gasteiger charge is -2.11. The number of aliphatic hydroxyl groups excluding tert-OH is 1. The molecule has 1 N–H and O–H groups in total. The molecule has 0 aromatic heterocycles. The molecule has 0 radical (unpaired) electrons. The highest BCUT2D eigenvalue weighted by Gasteiger charge is 2.09. The highest BCUT2D eigenvalue weighted by Crippen LogP contribution is 2.34. The molecule has 0 aliphatic carbocycles. The Balaban J connectivity index is 2.68. The molecule has 4 nitrogen and oxygen atoms in total. The zero-order chi connectivity index (χ0) is 12.8. The van der Waals surface area contributed by atoms with Crippen molar-refractivity contribution < 1.29 is 19.4 Å². The summed E-state index contributed by atoms with van der Waals surface area (Å²) in [4.78, 5) is 10.9. The molecule has 0 aliphatic rings. The van der Waals surface area contributed by atoms with Crippen LogP contribution in [0.1, 0.15) is 12.0 Å². The molecule has 0 atom stereocenters. The molecule has 94 valence electrons. The summed E-state index contributed by atoms with van der Waals surface area (Å²) >= 11 is 6.68. The summed E-state index contributed by atoms with van der Waals surface area (Å²) in [5, 5.41) is 9.01. The topological polar surface area (TPSA) is 55.8 Å². The van der Waals surface area contributed by atoms with Gasteiger partial charge in [-0.15, -0.1) is 0 Å². The zero-order valence-electron chi connectivity index (χ0n) is 9.20. The van der Waals surface area contributed by atoms with Crippen LogP contribution in [0.25, 0.3) is 0 Å². The Hall–Kier alpha value is -0.590. The van der Waals surface area contributed by atoms with E-state index in [2.05, 4.69) is 36.6 Å². The highest BCUT2D eigenvalue weighted by molar-refractivity contribution is 9.11. The Kier molecular flexibility index (Phi) is 5.94. The van der Waals surface area contributed by atoms with Crippen LogP contribution in [0.5, 0.6) is 5.75 Å². The predicted octanol–water partition coefficient (Wildman–Crippen LogP) is 2.65. The van der Waals surface area contributed by atoms with E-state index >= 15 is 0 Å². The lowest BCUT2D eigenvalue weighted by Crippen LogP contribution is -2.08. The van der Waals surface area contributed by atoms with Crippen LogP contribution >= 0.6 is 31.9 Å². The lowest BCUT2D eigenvalue weighted by molar-refractivity contribution is -0.141. The number of hydrogen-bond acceptors (Lipinski definition) is 4. The molecule has 0 spiro atoms. The van der Waals surface area contributed by atoms with Crippen molar-refractivity contribution in [2.75, 3.05) is 13.7 Å². The van der Waals surface area contributed by atoms with E-state index in [4.69, 9.17) is 9.84 Å². The molecule has 0 saturated heterocycles. The maximum atomic E-state index is 10.9. The summed E-state index contributed by atoms with van der Waals surface area (Å²) in [5.41, 5.74) is 0.768. The second kappa shape index (κ2) is 6.98. The van der Waals surface area contributed by atoms with Crippen LogP contribution in [0, 0.1) is 0 Å². The van der Waals surface area contributed by atoms with E-state index in [0.29, 0.717) is 5.75 Å². The van der Waals surface area contributed by atoms with Gasteiger partial charge in [-0.25, -0.2) is 0 Å². The Morgan fingerprint density at radius 2 is 1.94 bits per heavy atom. The SMILES string of the molecule is COC(=O)CCOc1c(Br)cc(CO)cc1Br. The van der Waals surface area contributed by atoms with Gasteiger partial charge in [0.1, 0.15) is 5.75 Å². The van der Waals surface area contributed by atoms with Crippen LogP contribution in [0.2, 0.25) is 0 Å². The molecule has 0 heterocycles. The number of aliphatic hydroxyl groups is 1. The standard InChI is InChI=1S/C11H12Br2O4/c1-16-10(15)2-3-17-11-8(12)4-7(6-14)5-9(11)13/h4-5,14H,2-3,6H2,1H3. The highest BCUT2D eigenvalue weighted by atomic mass is 79.9. The average Bonchev–Trinajstić information content (AvgIpc) is 2.31. The van der Waals surface area contributed by atoms with E-state index in [1.165, 1.54) is 7.11 Å². The molecule has 0 saturated carbocycles. The van der Waals surface area contributed by atoms with Gasteiger partial charge in [0.05, 0.1) is 35.7 Å². The van der Waals surface area contributed by atoms with E-state index in [-0.39, 0.29) is 25.6 Å². The second-order valence-electron chi connectivity index (χ2n) is 3.22. The van der Waals surface area contributed by atoms with Gasteiger partial charge in [0, 0.05) is 0 Å². The molecule has 0 bridgehead atoms. The van der Waals surface area contributed by atoms with Gasteiger partial charge >= 0.3 is 5.97 Å². The molecule has 0 aliphatic heterocycles. The first kappa shape index (κ1) is 14.5. The van der Waals surface area contributed by atoms with E-state index in [0.717, 1.165) is 14.5 Å². The number of carbonyl (C=O) groups is 1. The van der Waals surface area contributed by atoms with E-state index in [1.54, 1.807) is 12.1 Å². The van der Waals surface area contributed by atoms with Gasteiger partial charge in [0.25, 0.3) is 0 Å². The molecule has 0 amide bonds. The van der Waals surface area contributed by atoms with Gasteiger partial charge in [0.15, 0.2) is 0 Å². The van der Waals surface area contributed by atoms with E-state index in [9.17, 15) is 4.79 Å². The lowest BCUT2D eigenvalue weighted by atomic mass is 10.2. The smallest absolute Gasteiger partial charge is 0.308 e. The second-order valence-corrected chi connectivity index (χ2v) is 4.93. The van der Waals surface area contributed by atoms with Crippen molar-refractivity contribution >= 4 is 37.8 Å². The minimum Gasteiger partial charge on any atom is -0.491 e. The summed E-state index contributed by atoms with van der Waals surface area (Å²) in [6.07, 6.45) is 0.192. The molecular formula is C11H12Br2O4. The van der Waals surface area contributed by atoms with Crippen LogP contribution in [-0.4, -0.2) is 24.8 Å².